The summed E-state index contributed by atoms with van der Waals surface area (Å²) in [5, 5.41) is 10.8. The van der Waals surface area contributed by atoms with E-state index in [2.05, 4.69) is 130 Å². The van der Waals surface area contributed by atoms with Crippen LogP contribution in [0.3, 0.4) is 0 Å². The van der Waals surface area contributed by atoms with Gasteiger partial charge in [-0.05, 0) is 49.9 Å². The number of benzene rings is 5. The average molecular weight is 464 g/mol. The average Bonchev–Trinajstić information content (AvgIpc) is 2.92. The van der Waals surface area contributed by atoms with Crippen molar-refractivity contribution in [1.29, 1.82) is 5.26 Å². The number of nitriles is 1. The Labute approximate surface area is 214 Å². The largest absolute Gasteiger partial charge is 0.192 e. The van der Waals surface area contributed by atoms with Gasteiger partial charge in [0.15, 0.2) is 0 Å². The molecule has 0 radical (unpaired) electrons. The fourth-order valence-corrected chi connectivity index (χ4v) is 5.19. The fraction of sp³-hybridized carbons (Fsp3) is 0.114. The van der Waals surface area contributed by atoms with Gasteiger partial charge in [0.1, 0.15) is 6.07 Å². The highest BCUT2D eigenvalue weighted by Gasteiger charge is 2.32. The standard InChI is InChI=1S/C35H29N/c1-35(2,3)34-29(24-36)30(25-16-8-4-9-17-25)31(26-18-10-5-11-19-26)32(27-20-12-6-13-21-27)33(34)28-22-14-7-15-23-28/h4-23H,1-3H3. The van der Waals surface area contributed by atoms with Crippen molar-refractivity contribution in [3.63, 3.8) is 0 Å². The van der Waals surface area contributed by atoms with Crippen molar-refractivity contribution in [1.82, 2.24) is 0 Å². The van der Waals surface area contributed by atoms with Crippen molar-refractivity contribution in [3.05, 3.63) is 132 Å². The van der Waals surface area contributed by atoms with Crippen molar-refractivity contribution in [2.24, 2.45) is 0 Å². The molecule has 0 saturated carbocycles. The van der Waals surface area contributed by atoms with Crippen molar-refractivity contribution >= 4 is 0 Å². The lowest BCUT2D eigenvalue weighted by Gasteiger charge is -2.31. The van der Waals surface area contributed by atoms with Gasteiger partial charge in [0.05, 0.1) is 5.56 Å². The second-order valence-corrected chi connectivity index (χ2v) is 10.1. The summed E-state index contributed by atoms with van der Waals surface area (Å²) in [4.78, 5) is 0. The molecule has 5 aromatic carbocycles. The van der Waals surface area contributed by atoms with Crippen LogP contribution in [0.2, 0.25) is 0 Å². The van der Waals surface area contributed by atoms with Gasteiger partial charge in [-0.15, -0.1) is 0 Å². The fourth-order valence-electron chi connectivity index (χ4n) is 5.19. The van der Waals surface area contributed by atoms with Crippen LogP contribution < -0.4 is 0 Å². The summed E-state index contributed by atoms with van der Waals surface area (Å²) < 4.78 is 0. The van der Waals surface area contributed by atoms with Gasteiger partial charge in [-0.1, -0.05) is 142 Å². The third-order valence-electron chi connectivity index (χ3n) is 6.61. The molecule has 0 aromatic heterocycles. The zero-order valence-electron chi connectivity index (χ0n) is 21.0. The topological polar surface area (TPSA) is 23.8 Å². The van der Waals surface area contributed by atoms with Crippen molar-refractivity contribution in [2.75, 3.05) is 0 Å². The maximum absolute atomic E-state index is 10.8. The Morgan fingerprint density at radius 3 is 1.08 bits per heavy atom. The summed E-state index contributed by atoms with van der Waals surface area (Å²) in [6.07, 6.45) is 0. The summed E-state index contributed by atoms with van der Waals surface area (Å²) >= 11 is 0. The Hall–Kier alpha value is -4.41. The maximum atomic E-state index is 10.8. The van der Waals surface area contributed by atoms with Crippen LogP contribution >= 0.6 is 0 Å². The highest BCUT2D eigenvalue weighted by Crippen LogP contribution is 2.52. The van der Waals surface area contributed by atoms with E-state index in [0.29, 0.717) is 0 Å². The first-order valence-electron chi connectivity index (χ1n) is 12.4. The highest BCUT2D eigenvalue weighted by atomic mass is 14.4. The number of hydrogen-bond acceptors (Lipinski definition) is 1. The van der Waals surface area contributed by atoms with Gasteiger partial charge in [0.2, 0.25) is 0 Å². The molecular formula is C35H29N. The maximum Gasteiger partial charge on any atom is 0.100 e. The molecule has 1 heteroatoms. The van der Waals surface area contributed by atoms with Crippen LogP contribution in [0.25, 0.3) is 44.5 Å². The van der Waals surface area contributed by atoms with Gasteiger partial charge in [-0.3, -0.25) is 0 Å². The number of hydrogen-bond donors (Lipinski definition) is 0. The summed E-state index contributed by atoms with van der Waals surface area (Å²) in [6.45, 7) is 6.63. The monoisotopic (exact) mass is 463 g/mol. The first kappa shape index (κ1) is 23.3. The lowest BCUT2D eigenvalue weighted by molar-refractivity contribution is 0.591. The van der Waals surface area contributed by atoms with Crippen LogP contribution in [0.5, 0.6) is 0 Å². The molecule has 0 amide bonds. The Morgan fingerprint density at radius 2 is 0.750 bits per heavy atom. The molecular weight excluding hydrogens is 434 g/mol. The molecule has 5 aromatic rings. The Bertz CT molecular complexity index is 1520. The summed E-state index contributed by atoms with van der Waals surface area (Å²) in [7, 11) is 0. The van der Waals surface area contributed by atoms with E-state index in [9.17, 15) is 5.26 Å². The van der Waals surface area contributed by atoms with Gasteiger partial charge in [-0.25, -0.2) is 0 Å². The van der Waals surface area contributed by atoms with Crippen LogP contribution in [0.15, 0.2) is 121 Å². The van der Waals surface area contributed by atoms with Gasteiger partial charge in [0.25, 0.3) is 0 Å². The molecule has 36 heavy (non-hydrogen) atoms. The molecule has 0 bridgehead atoms. The zero-order valence-corrected chi connectivity index (χ0v) is 21.0. The van der Waals surface area contributed by atoms with Crippen LogP contribution in [0, 0.1) is 11.3 Å². The summed E-state index contributed by atoms with van der Waals surface area (Å²) in [6, 6.07) is 44.7. The molecule has 0 unspecified atom stereocenters. The van der Waals surface area contributed by atoms with Crippen molar-refractivity contribution < 1.29 is 0 Å². The molecule has 0 heterocycles. The Morgan fingerprint density at radius 1 is 0.444 bits per heavy atom. The van der Waals surface area contributed by atoms with Gasteiger partial charge < -0.3 is 0 Å². The minimum absolute atomic E-state index is 0.265. The van der Waals surface area contributed by atoms with Crippen LogP contribution in [-0.4, -0.2) is 0 Å². The predicted octanol–water partition coefficient (Wildman–Crippen LogP) is 9.52. The molecule has 0 saturated heterocycles. The van der Waals surface area contributed by atoms with E-state index in [-0.39, 0.29) is 5.41 Å². The van der Waals surface area contributed by atoms with E-state index in [1.165, 1.54) is 0 Å². The molecule has 0 N–H and O–H groups in total. The lowest BCUT2D eigenvalue weighted by atomic mass is 9.71. The van der Waals surface area contributed by atoms with E-state index in [1.807, 2.05) is 18.2 Å². The summed E-state index contributed by atoms with van der Waals surface area (Å²) in [5.74, 6) is 0. The molecule has 0 spiro atoms. The van der Waals surface area contributed by atoms with Crippen LogP contribution in [0.4, 0.5) is 0 Å². The molecule has 0 fully saturated rings. The van der Waals surface area contributed by atoms with Gasteiger partial charge in [-0.2, -0.15) is 5.26 Å². The van der Waals surface area contributed by atoms with Crippen LogP contribution in [-0.2, 0) is 5.41 Å². The molecule has 1 nitrogen and oxygen atoms in total. The molecule has 5 rings (SSSR count). The molecule has 0 aliphatic carbocycles. The minimum atomic E-state index is -0.265. The second-order valence-electron chi connectivity index (χ2n) is 10.1. The Balaban J connectivity index is 2.12. The molecule has 0 aliphatic heterocycles. The zero-order chi connectivity index (χ0) is 25.1. The van der Waals surface area contributed by atoms with Gasteiger partial charge >= 0.3 is 0 Å². The quantitative estimate of drug-likeness (QED) is 0.260. The van der Waals surface area contributed by atoms with Crippen LogP contribution in [0.1, 0.15) is 31.9 Å². The number of rotatable bonds is 4. The molecule has 0 atom stereocenters. The van der Waals surface area contributed by atoms with E-state index in [1.54, 1.807) is 0 Å². The molecule has 174 valence electrons. The third kappa shape index (κ3) is 4.23. The van der Waals surface area contributed by atoms with Crippen molar-refractivity contribution in [3.8, 4) is 50.6 Å². The first-order valence-corrected chi connectivity index (χ1v) is 12.4. The molecule has 0 aliphatic rings. The normalized spacial score (nSPS) is 11.2. The second kappa shape index (κ2) is 9.68. The Kier molecular flexibility index (Phi) is 6.28. The summed E-state index contributed by atoms with van der Waals surface area (Å²) in [5.41, 5.74) is 10.3. The van der Waals surface area contributed by atoms with E-state index in [0.717, 1.165) is 55.6 Å². The van der Waals surface area contributed by atoms with E-state index < -0.39 is 0 Å². The third-order valence-corrected chi connectivity index (χ3v) is 6.61. The highest BCUT2D eigenvalue weighted by molar-refractivity contribution is 6.05. The van der Waals surface area contributed by atoms with E-state index in [4.69, 9.17) is 0 Å². The SMILES string of the molecule is CC(C)(C)c1c(C#N)c(-c2ccccc2)c(-c2ccccc2)c(-c2ccccc2)c1-c1ccccc1. The lowest BCUT2D eigenvalue weighted by Crippen LogP contribution is -2.17. The minimum Gasteiger partial charge on any atom is -0.192 e. The van der Waals surface area contributed by atoms with Crippen molar-refractivity contribution in [2.45, 2.75) is 26.2 Å². The predicted molar refractivity (Wildman–Crippen MR) is 152 cm³/mol. The van der Waals surface area contributed by atoms with Gasteiger partial charge in [0, 0.05) is 5.56 Å². The smallest absolute Gasteiger partial charge is 0.100 e. The van der Waals surface area contributed by atoms with E-state index >= 15 is 0 Å². The first-order chi connectivity index (χ1) is 17.5. The number of nitrogens with zero attached hydrogens (tertiary/aromatic N) is 1.